The largest absolute Gasteiger partial charge is 0.481 e. The Labute approximate surface area is 151 Å². The second kappa shape index (κ2) is 8.15. The Bertz CT molecular complexity index is 744. The zero-order valence-electron chi connectivity index (χ0n) is 14.2. The molecule has 2 rings (SSSR count). The second-order valence-corrected chi connectivity index (χ2v) is 9.23. The van der Waals surface area contributed by atoms with Crippen LogP contribution >= 0.6 is 11.3 Å². The minimum absolute atomic E-state index is 0.0681. The van der Waals surface area contributed by atoms with Crippen molar-refractivity contribution < 1.29 is 23.1 Å². The number of carboxylic acid groups (broad SMARTS) is 1. The van der Waals surface area contributed by atoms with Crippen LogP contribution in [0.5, 0.6) is 0 Å². The van der Waals surface area contributed by atoms with Crippen molar-refractivity contribution >= 4 is 33.4 Å². The zero-order valence-corrected chi connectivity index (χ0v) is 15.9. The normalized spacial score (nSPS) is 18.2. The van der Waals surface area contributed by atoms with E-state index in [-0.39, 0.29) is 30.6 Å². The second-order valence-electron chi connectivity index (χ2n) is 6.03. The number of carbonyl (C=O) groups excluding carboxylic acids is 1. The molecule has 1 aromatic rings. The van der Waals surface area contributed by atoms with Crippen LogP contribution < -0.4 is 10.0 Å². The summed E-state index contributed by atoms with van der Waals surface area (Å²) >= 11 is 1.42. The van der Waals surface area contributed by atoms with E-state index in [1.165, 1.54) is 16.2 Å². The van der Waals surface area contributed by atoms with Crippen LogP contribution in [0, 0.1) is 19.8 Å². The number of likely N-dealkylation sites (tertiary alicyclic amines) is 1. The first-order valence-electron chi connectivity index (χ1n) is 8.03. The first-order valence-corrected chi connectivity index (χ1v) is 10.3. The minimum Gasteiger partial charge on any atom is -0.481 e. The van der Waals surface area contributed by atoms with Crippen LogP contribution in [-0.4, -0.2) is 56.6 Å². The summed E-state index contributed by atoms with van der Waals surface area (Å²) in [6, 6.07) is 1.26. The molecule has 1 aliphatic heterocycles. The molecule has 0 spiro atoms. The quantitative estimate of drug-likeness (QED) is 0.631. The lowest BCUT2D eigenvalue weighted by Gasteiger charge is -2.30. The SMILES string of the molecule is Cc1cc(S(=O)(=O)NCCNC(=O)N2CCCC(C(=O)O)C2)c(C)s1. The van der Waals surface area contributed by atoms with Gasteiger partial charge in [-0.2, -0.15) is 0 Å². The standard InChI is InChI=1S/C15H23N3O5S2/c1-10-8-13(11(2)24-10)25(22,23)17-6-5-16-15(21)18-7-3-4-12(9-18)14(19)20/h8,12,17H,3-7,9H2,1-2H3,(H,16,21)(H,19,20). The molecule has 1 saturated heterocycles. The summed E-state index contributed by atoms with van der Waals surface area (Å²) in [6.45, 7) is 4.49. The monoisotopic (exact) mass is 389 g/mol. The molecule has 10 heteroatoms. The topological polar surface area (TPSA) is 116 Å². The molecule has 1 unspecified atom stereocenters. The molecule has 25 heavy (non-hydrogen) atoms. The Balaban J connectivity index is 1.79. The van der Waals surface area contributed by atoms with Crippen LogP contribution in [0.4, 0.5) is 4.79 Å². The number of carbonyl (C=O) groups is 2. The van der Waals surface area contributed by atoms with Crippen LogP contribution in [0.2, 0.25) is 0 Å². The van der Waals surface area contributed by atoms with Gasteiger partial charge in [0.2, 0.25) is 10.0 Å². The van der Waals surface area contributed by atoms with E-state index in [1.807, 2.05) is 6.92 Å². The highest BCUT2D eigenvalue weighted by atomic mass is 32.2. The van der Waals surface area contributed by atoms with E-state index in [2.05, 4.69) is 10.0 Å². The van der Waals surface area contributed by atoms with Gasteiger partial charge >= 0.3 is 12.0 Å². The van der Waals surface area contributed by atoms with Gasteiger partial charge in [0, 0.05) is 35.9 Å². The Morgan fingerprint density at radius 3 is 2.68 bits per heavy atom. The third-order valence-corrected chi connectivity index (χ3v) is 6.72. The summed E-state index contributed by atoms with van der Waals surface area (Å²) in [5, 5.41) is 11.7. The molecule has 1 aromatic heterocycles. The summed E-state index contributed by atoms with van der Waals surface area (Å²) in [5.41, 5.74) is 0. The van der Waals surface area contributed by atoms with Crippen molar-refractivity contribution in [1.29, 1.82) is 0 Å². The van der Waals surface area contributed by atoms with Crippen molar-refractivity contribution in [2.45, 2.75) is 31.6 Å². The van der Waals surface area contributed by atoms with Gasteiger partial charge in [-0.05, 0) is 32.8 Å². The summed E-state index contributed by atoms with van der Waals surface area (Å²) in [4.78, 5) is 26.5. The summed E-state index contributed by atoms with van der Waals surface area (Å²) < 4.78 is 26.9. The van der Waals surface area contributed by atoms with Crippen LogP contribution in [-0.2, 0) is 14.8 Å². The van der Waals surface area contributed by atoms with Crippen LogP contribution in [0.25, 0.3) is 0 Å². The third-order valence-electron chi connectivity index (χ3n) is 4.04. The Morgan fingerprint density at radius 1 is 1.36 bits per heavy atom. The molecule has 8 nitrogen and oxygen atoms in total. The first kappa shape index (κ1) is 19.7. The lowest BCUT2D eigenvalue weighted by atomic mass is 9.99. The van der Waals surface area contributed by atoms with Crippen molar-refractivity contribution in [1.82, 2.24) is 14.9 Å². The molecule has 0 radical (unpaired) electrons. The van der Waals surface area contributed by atoms with Crippen molar-refractivity contribution in [3.8, 4) is 0 Å². The fourth-order valence-corrected chi connectivity index (χ4v) is 5.37. The van der Waals surface area contributed by atoms with Gasteiger partial charge in [0.05, 0.1) is 10.8 Å². The third kappa shape index (κ3) is 5.16. The molecule has 1 aliphatic rings. The van der Waals surface area contributed by atoms with Gasteiger partial charge in [0.1, 0.15) is 0 Å². The molecule has 0 bridgehead atoms. The number of amides is 2. The van der Waals surface area contributed by atoms with Gasteiger partial charge in [-0.3, -0.25) is 4.79 Å². The van der Waals surface area contributed by atoms with Gasteiger partial charge in [-0.1, -0.05) is 0 Å². The lowest BCUT2D eigenvalue weighted by Crippen LogP contribution is -2.48. The highest BCUT2D eigenvalue weighted by Gasteiger charge is 2.28. The molecule has 0 aliphatic carbocycles. The van der Waals surface area contributed by atoms with E-state index in [0.717, 1.165) is 9.75 Å². The number of carboxylic acids is 1. The Morgan fingerprint density at radius 2 is 2.08 bits per heavy atom. The van der Waals surface area contributed by atoms with Crippen molar-refractivity contribution in [2.24, 2.45) is 5.92 Å². The van der Waals surface area contributed by atoms with E-state index in [0.29, 0.717) is 19.4 Å². The van der Waals surface area contributed by atoms with E-state index >= 15 is 0 Å². The number of nitrogens with one attached hydrogen (secondary N) is 2. The molecule has 3 N–H and O–H groups in total. The summed E-state index contributed by atoms with van der Waals surface area (Å²) in [5.74, 6) is -1.44. The number of rotatable bonds is 6. The molecule has 1 fully saturated rings. The number of aryl methyl sites for hydroxylation is 2. The number of sulfonamides is 1. The zero-order chi connectivity index (χ0) is 18.6. The molecule has 2 amide bonds. The lowest BCUT2D eigenvalue weighted by molar-refractivity contribution is -0.143. The van der Waals surface area contributed by atoms with Gasteiger partial charge in [-0.25, -0.2) is 17.9 Å². The molecule has 2 heterocycles. The maximum absolute atomic E-state index is 12.2. The predicted octanol–water partition coefficient (Wildman–Crippen LogP) is 1.15. The average Bonchev–Trinajstić information content (AvgIpc) is 2.91. The van der Waals surface area contributed by atoms with Crippen molar-refractivity contribution in [2.75, 3.05) is 26.2 Å². The van der Waals surface area contributed by atoms with Gasteiger partial charge < -0.3 is 15.3 Å². The fourth-order valence-electron chi connectivity index (χ4n) is 2.78. The fraction of sp³-hybridized carbons (Fsp3) is 0.600. The summed E-state index contributed by atoms with van der Waals surface area (Å²) in [7, 11) is -3.60. The molecular weight excluding hydrogens is 366 g/mol. The van der Waals surface area contributed by atoms with E-state index in [4.69, 9.17) is 5.11 Å². The number of hydrogen-bond donors (Lipinski definition) is 3. The number of hydrogen-bond acceptors (Lipinski definition) is 5. The number of piperidine rings is 1. The molecule has 0 aromatic carbocycles. The smallest absolute Gasteiger partial charge is 0.317 e. The van der Waals surface area contributed by atoms with Crippen molar-refractivity contribution in [3.05, 3.63) is 15.8 Å². The maximum atomic E-state index is 12.2. The average molecular weight is 389 g/mol. The molecule has 0 saturated carbocycles. The van der Waals surface area contributed by atoms with E-state index < -0.39 is 21.9 Å². The molecule has 1 atom stereocenters. The minimum atomic E-state index is -3.60. The van der Waals surface area contributed by atoms with Gasteiger partial charge in [0.25, 0.3) is 0 Å². The Hall–Kier alpha value is -1.65. The highest BCUT2D eigenvalue weighted by molar-refractivity contribution is 7.89. The first-order chi connectivity index (χ1) is 11.7. The number of aliphatic carboxylic acids is 1. The Kier molecular flexibility index (Phi) is 6.42. The maximum Gasteiger partial charge on any atom is 0.317 e. The number of urea groups is 1. The van der Waals surface area contributed by atoms with E-state index in [1.54, 1.807) is 13.0 Å². The van der Waals surface area contributed by atoms with Crippen molar-refractivity contribution in [3.63, 3.8) is 0 Å². The highest BCUT2D eigenvalue weighted by Crippen LogP contribution is 2.24. The van der Waals surface area contributed by atoms with Crippen LogP contribution in [0.15, 0.2) is 11.0 Å². The van der Waals surface area contributed by atoms with Crippen LogP contribution in [0.1, 0.15) is 22.6 Å². The predicted molar refractivity (Wildman–Crippen MR) is 94.3 cm³/mol. The summed E-state index contributed by atoms with van der Waals surface area (Å²) in [6.07, 6.45) is 1.21. The van der Waals surface area contributed by atoms with Crippen LogP contribution in [0.3, 0.4) is 0 Å². The van der Waals surface area contributed by atoms with E-state index in [9.17, 15) is 18.0 Å². The molecule has 140 valence electrons. The number of nitrogens with zero attached hydrogens (tertiary/aromatic N) is 1. The van der Waals surface area contributed by atoms with Gasteiger partial charge in [0.15, 0.2) is 0 Å². The number of thiophene rings is 1. The van der Waals surface area contributed by atoms with Gasteiger partial charge in [-0.15, -0.1) is 11.3 Å². The molecular formula is C15H23N3O5S2.